The highest BCUT2D eigenvalue weighted by Gasteiger charge is 2.12. The highest BCUT2D eigenvalue weighted by molar-refractivity contribution is 7.89. The lowest BCUT2D eigenvalue weighted by Crippen LogP contribution is -2.29. The average molecular weight is 383 g/mol. The number of aromatic nitrogens is 1. The van der Waals surface area contributed by atoms with Gasteiger partial charge in [0.15, 0.2) is 0 Å². The molecule has 0 unspecified atom stereocenters. The number of hydrogen-bond donors (Lipinski definition) is 3. The quantitative estimate of drug-likeness (QED) is 0.619. The Morgan fingerprint density at radius 1 is 1.00 bits per heavy atom. The largest absolute Gasteiger partial charge is 0.348 e. The van der Waals surface area contributed by atoms with Crippen LogP contribution in [0.15, 0.2) is 76.4 Å². The lowest BCUT2D eigenvalue weighted by molar-refractivity contribution is 0.0949. The summed E-state index contributed by atoms with van der Waals surface area (Å²) in [5.41, 5.74) is 1.45. The van der Waals surface area contributed by atoms with Crippen molar-refractivity contribution < 1.29 is 13.2 Å². The van der Waals surface area contributed by atoms with Gasteiger partial charge in [-0.1, -0.05) is 42.5 Å². The summed E-state index contributed by atoms with van der Waals surface area (Å²) in [6, 6.07) is 18.3. The lowest BCUT2D eigenvalue weighted by atomic mass is 10.1. The molecule has 1 heterocycles. The van der Waals surface area contributed by atoms with Crippen molar-refractivity contribution >= 4 is 15.9 Å². The Labute approximate surface area is 155 Å². The second kappa shape index (κ2) is 7.56. The smallest absolute Gasteiger partial charge is 0.261 e. The van der Waals surface area contributed by atoms with E-state index >= 15 is 0 Å². The van der Waals surface area contributed by atoms with E-state index in [2.05, 4.69) is 10.3 Å². The van der Waals surface area contributed by atoms with Gasteiger partial charge in [-0.15, -0.1) is 0 Å². The lowest BCUT2D eigenvalue weighted by Gasteiger charge is -2.07. The van der Waals surface area contributed by atoms with Gasteiger partial charge in [0.25, 0.3) is 11.5 Å². The molecule has 27 heavy (non-hydrogen) atoms. The van der Waals surface area contributed by atoms with Gasteiger partial charge < -0.3 is 10.3 Å². The molecule has 0 radical (unpaired) electrons. The first kappa shape index (κ1) is 18.6. The molecule has 4 N–H and O–H groups in total. The van der Waals surface area contributed by atoms with Crippen LogP contribution < -0.4 is 16.0 Å². The predicted molar refractivity (Wildman–Crippen MR) is 101 cm³/mol. The van der Waals surface area contributed by atoms with Gasteiger partial charge in [0.1, 0.15) is 5.56 Å². The molecule has 138 valence electrons. The third-order valence-corrected chi connectivity index (χ3v) is 4.83. The van der Waals surface area contributed by atoms with E-state index in [0.29, 0.717) is 11.3 Å². The molecule has 0 saturated heterocycles. The molecule has 2 aromatic carbocycles. The van der Waals surface area contributed by atoms with Crippen molar-refractivity contribution in [3.63, 3.8) is 0 Å². The van der Waals surface area contributed by atoms with Crippen LogP contribution in [0.2, 0.25) is 0 Å². The van der Waals surface area contributed by atoms with Crippen LogP contribution in [0.25, 0.3) is 11.3 Å². The van der Waals surface area contributed by atoms with E-state index in [1.807, 2.05) is 30.3 Å². The van der Waals surface area contributed by atoms with E-state index in [9.17, 15) is 18.0 Å². The maximum atomic E-state index is 12.3. The van der Waals surface area contributed by atoms with Crippen LogP contribution in [0, 0.1) is 0 Å². The first-order valence-electron chi connectivity index (χ1n) is 8.03. The Morgan fingerprint density at radius 2 is 1.74 bits per heavy atom. The summed E-state index contributed by atoms with van der Waals surface area (Å²) in [4.78, 5) is 27.2. The van der Waals surface area contributed by atoms with E-state index in [0.717, 1.165) is 5.56 Å². The van der Waals surface area contributed by atoms with Crippen LogP contribution in [0.5, 0.6) is 0 Å². The SMILES string of the molecule is NS(=O)(=O)c1cccc(CNC(=O)c2ccc(-c3ccccc3)[nH]c2=O)c1. The number of amides is 1. The number of nitrogens with one attached hydrogen (secondary N) is 2. The molecule has 0 saturated carbocycles. The fourth-order valence-electron chi connectivity index (χ4n) is 2.55. The number of sulfonamides is 1. The van der Waals surface area contributed by atoms with Gasteiger partial charge in [-0.25, -0.2) is 13.6 Å². The molecule has 0 fully saturated rings. The molecule has 1 aromatic heterocycles. The summed E-state index contributed by atoms with van der Waals surface area (Å²) < 4.78 is 22.8. The zero-order valence-corrected chi connectivity index (χ0v) is 15.0. The fraction of sp³-hybridized carbons (Fsp3) is 0.0526. The highest BCUT2D eigenvalue weighted by atomic mass is 32.2. The minimum Gasteiger partial charge on any atom is -0.348 e. The van der Waals surface area contributed by atoms with Crippen molar-refractivity contribution in [2.45, 2.75) is 11.4 Å². The number of nitrogens with two attached hydrogens (primary N) is 1. The van der Waals surface area contributed by atoms with Gasteiger partial charge in [-0.05, 0) is 35.4 Å². The van der Waals surface area contributed by atoms with Gasteiger partial charge in [0.2, 0.25) is 10.0 Å². The first-order chi connectivity index (χ1) is 12.8. The van der Waals surface area contributed by atoms with Gasteiger partial charge in [-0.2, -0.15) is 0 Å². The van der Waals surface area contributed by atoms with Crippen molar-refractivity contribution in [2.75, 3.05) is 0 Å². The zero-order valence-electron chi connectivity index (χ0n) is 14.2. The minimum atomic E-state index is -3.82. The van der Waals surface area contributed by atoms with E-state index in [-0.39, 0.29) is 17.0 Å². The normalized spacial score (nSPS) is 11.1. The van der Waals surface area contributed by atoms with E-state index in [1.54, 1.807) is 12.1 Å². The van der Waals surface area contributed by atoms with E-state index in [1.165, 1.54) is 24.3 Å². The van der Waals surface area contributed by atoms with Gasteiger partial charge in [0, 0.05) is 12.2 Å². The van der Waals surface area contributed by atoms with Crippen LogP contribution in [-0.2, 0) is 16.6 Å². The second-order valence-corrected chi connectivity index (χ2v) is 7.42. The molecule has 0 bridgehead atoms. The maximum Gasteiger partial charge on any atom is 0.261 e. The molecule has 0 spiro atoms. The summed E-state index contributed by atoms with van der Waals surface area (Å²) >= 11 is 0. The Hall–Kier alpha value is -3.23. The van der Waals surface area contributed by atoms with Crippen molar-refractivity contribution in [3.05, 3.63) is 88.2 Å². The Bertz CT molecular complexity index is 1140. The number of carbonyl (C=O) groups excluding carboxylic acids is 1. The molecule has 0 atom stereocenters. The maximum absolute atomic E-state index is 12.3. The summed E-state index contributed by atoms with van der Waals surface area (Å²) in [7, 11) is -3.82. The molecule has 3 rings (SSSR count). The highest BCUT2D eigenvalue weighted by Crippen LogP contribution is 2.14. The van der Waals surface area contributed by atoms with E-state index < -0.39 is 21.5 Å². The predicted octanol–water partition coefficient (Wildman–Crippen LogP) is 1.62. The number of pyridine rings is 1. The van der Waals surface area contributed by atoms with Crippen LogP contribution in [-0.4, -0.2) is 19.3 Å². The van der Waals surface area contributed by atoms with Gasteiger partial charge in [0.05, 0.1) is 4.90 Å². The van der Waals surface area contributed by atoms with Crippen molar-refractivity contribution in [2.24, 2.45) is 5.14 Å². The first-order valence-corrected chi connectivity index (χ1v) is 9.58. The van der Waals surface area contributed by atoms with Crippen LogP contribution in [0.3, 0.4) is 0 Å². The Kier molecular flexibility index (Phi) is 5.20. The summed E-state index contributed by atoms with van der Waals surface area (Å²) in [6.07, 6.45) is 0. The molecule has 3 aromatic rings. The topological polar surface area (TPSA) is 122 Å². The number of aromatic amines is 1. The summed E-state index contributed by atoms with van der Waals surface area (Å²) in [5.74, 6) is -0.558. The third kappa shape index (κ3) is 4.49. The molecule has 8 heteroatoms. The molecular weight excluding hydrogens is 366 g/mol. The average Bonchev–Trinajstić information content (AvgIpc) is 2.66. The van der Waals surface area contributed by atoms with Gasteiger partial charge >= 0.3 is 0 Å². The Balaban J connectivity index is 1.75. The van der Waals surface area contributed by atoms with E-state index in [4.69, 9.17) is 5.14 Å². The minimum absolute atomic E-state index is 0.0303. The van der Waals surface area contributed by atoms with Crippen molar-refractivity contribution in [1.29, 1.82) is 0 Å². The molecular formula is C19H17N3O4S. The number of benzene rings is 2. The van der Waals surface area contributed by atoms with Crippen molar-refractivity contribution in [1.82, 2.24) is 10.3 Å². The van der Waals surface area contributed by atoms with Crippen LogP contribution in [0.4, 0.5) is 0 Å². The number of primary sulfonamides is 1. The molecule has 0 aliphatic carbocycles. The van der Waals surface area contributed by atoms with Crippen LogP contribution in [0.1, 0.15) is 15.9 Å². The molecule has 0 aliphatic rings. The zero-order chi connectivity index (χ0) is 19.4. The monoisotopic (exact) mass is 383 g/mol. The molecule has 7 nitrogen and oxygen atoms in total. The summed E-state index contributed by atoms with van der Waals surface area (Å²) in [5, 5.41) is 7.69. The summed E-state index contributed by atoms with van der Waals surface area (Å²) in [6.45, 7) is 0.0576. The molecule has 1 amide bonds. The number of rotatable bonds is 5. The fourth-order valence-corrected chi connectivity index (χ4v) is 3.13. The molecule has 0 aliphatic heterocycles. The number of H-pyrrole nitrogens is 1. The number of carbonyl (C=O) groups is 1. The number of hydrogen-bond acceptors (Lipinski definition) is 4. The standard InChI is InChI=1S/C19H17N3O4S/c20-27(25,26)15-8-4-5-13(11-15)12-21-18(23)16-9-10-17(22-19(16)24)14-6-2-1-3-7-14/h1-11H,12H2,(H,21,23)(H,22,24)(H2,20,25,26). The van der Waals surface area contributed by atoms with Crippen molar-refractivity contribution in [3.8, 4) is 11.3 Å². The van der Waals surface area contributed by atoms with Crippen LogP contribution >= 0.6 is 0 Å². The Morgan fingerprint density at radius 3 is 2.41 bits per heavy atom. The second-order valence-electron chi connectivity index (χ2n) is 5.86. The van der Waals surface area contributed by atoms with Gasteiger partial charge in [-0.3, -0.25) is 9.59 Å². The third-order valence-electron chi connectivity index (χ3n) is 3.92.